The Kier molecular flexibility index (Phi) is 5.83. The van der Waals surface area contributed by atoms with E-state index >= 15 is 0 Å². The van der Waals surface area contributed by atoms with Crippen molar-refractivity contribution < 1.29 is 9.31 Å². The summed E-state index contributed by atoms with van der Waals surface area (Å²) in [7, 11) is 0. The van der Waals surface area contributed by atoms with Crippen LogP contribution in [0, 0.1) is 15.9 Å². The molecular weight excluding hydrogens is 385 g/mol. The van der Waals surface area contributed by atoms with Crippen LogP contribution in [-0.2, 0) is 0 Å². The smallest absolute Gasteiger partial charge is 0.306 e. The molecule has 0 saturated heterocycles. The molecular formula is C22H22FN5O2. The lowest BCUT2D eigenvalue weighted by Crippen LogP contribution is -2.23. The summed E-state index contributed by atoms with van der Waals surface area (Å²) in [6.07, 6.45) is 5.76. The Morgan fingerprint density at radius 2 is 1.77 bits per heavy atom. The second-order valence-corrected chi connectivity index (χ2v) is 7.36. The maximum absolute atomic E-state index is 13.7. The van der Waals surface area contributed by atoms with Gasteiger partial charge >= 0.3 is 5.69 Å². The first kappa shape index (κ1) is 19.8. The van der Waals surface area contributed by atoms with Gasteiger partial charge in [-0.25, -0.2) is 4.98 Å². The van der Waals surface area contributed by atoms with Crippen LogP contribution < -0.4 is 10.6 Å². The zero-order valence-corrected chi connectivity index (χ0v) is 16.3. The minimum atomic E-state index is -0.877. The lowest BCUT2D eigenvalue weighted by atomic mass is 9.96. The van der Waals surface area contributed by atoms with E-state index in [1.807, 2.05) is 30.3 Å². The number of hydrogen-bond acceptors (Lipinski definition) is 6. The van der Waals surface area contributed by atoms with Crippen molar-refractivity contribution in [2.45, 2.75) is 38.1 Å². The number of anilines is 3. The summed E-state index contributed by atoms with van der Waals surface area (Å²) < 4.78 is 13.7. The molecule has 0 atom stereocenters. The summed E-state index contributed by atoms with van der Waals surface area (Å²) in [4.78, 5) is 19.5. The van der Waals surface area contributed by atoms with E-state index in [4.69, 9.17) is 0 Å². The van der Waals surface area contributed by atoms with Gasteiger partial charge in [-0.3, -0.25) is 10.1 Å². The predicted molar refractivity (Wildman–Crippen MR) is 114 cm³/mol. The lowest BCUT2D eigenvalue weighted by Gasteiger charge is -2.23. The van der Waals surface area contributed by atoms with Crippen LogP contribution in [0.1, 0.15) is 32.1 Å². The van der Waals surface area contributed by atoms with Crippen LogP contribution in [0.15, 0.2) is 54.6 Å². The van der Waals surface area contributed by atoms with Crippen molar-refractivity contribution in [3.05, 3.63) is 70.5 Å². The van der Waals surface area contributed by atoms with E-state index in [0.717, 1.165) is 36.2 Å². The van der Waals surface area contributed by atoms with Gasteiger partial charge < -0.3 is 10.6 Å². The zero-order chi connectivity index (χ0) is 20.9. The van der Waals surface area contributed by atoms with E-state index in [0.29, 0.717) is 23.5 Å². The molecule has 30 heavy (non-hydrogen) atoms. The third-order valence-electron chi connectivity index (χ3n) is 5.15. The standard InChI is InChI=1S/C22H22FN5O2/c23-18-12-11-17(13-20(18)28(29)30)24-21-14-19(15-7-3-1-4-8-15)26-22(27-21)25-16-9-5-2-6-10-16/h1,3-4,7-8,11-14,16H,2,5-6,9-10H2,(H2,24,25,26,27). The number of nitrogens with one attached hydrogen (secondary N) is 2. The Bertz CT molecular complexity index is 1040. The minimum Gasteiger partial charge on any atom is -0.351 e. The Labute approximate surface area is 173 Å². The molecule has 154 valence electrons. The Morgan fingerprint density at radius 3 is 2.50 bits per heavy atom. The summed E-state index contributed by atoms with van der Waals surface area (Å²) in [5, 5.41) is 17.5. The molecule has 1 heterocycles. The Hall–Kier alpha value is -3.55. The highest BCUT2D eigenvalue weighted by Gasteiger charge is 2.17. The Balaban J connectivity index is 1.66. The van der Waals surface area contributed by atoms with Crippen molar-refractivity contribution in [3.8, 4) is 11.3 Å². The van der Waals surface area contributed by atoms with Crippen molar-refractivity contribution >= 4 is 23.1 Å². The first-order valence-corrected chi connectivity index (χ1v) is 10.0. The third-order valence-corrected chi connectivity index (χ3v) is 5.15. The van der Waals surface area contributed by atoms with Gasteiger partial charge in [0.1, 0.15) is 5.82 Å². The molecule has 1 aliphatic carbocycles. The molecule has 1 fully saturated rings. The van der Waals surface area contributed by atoms with E-state index < -0.39 is 16.4 Å². The molecule has 0 spiro atoms. The highest BCUT2D eigenvalue weighted by Crippen LogP contribution is 2.28. The van der Waals surface area contributed by atoms with E-state index in [-0.39, 0.29) is 0 Å². The summed E-state index contributed by atoms with van der Waals surface area (Å²) >= 11 is 0. The monoisotopic (exact) mass is 407 g/mol. The van der Waals surface area contributed by atoms with E-state index in [2.05, 4.69) is 20.6 Å². The van der Waals surface area contributed by atoms with Crippen LogP contribution in [0.3, 0.4) is 0 Å². The van der Waals surface area contributed by atoms with E-state index in [1.165, 1.54) is 25.3 Å². The van der Waals surface area contributed by atoms with Gasteiger partial charge in [-0.05, 0) is 25.0 Å². The summed E-state index contributed by atoms with van der Waals surface area (Å²) in [5.41, 5.74) is 1.45. The van der Waals surface area contributed by atoms with Crippen molar-refractivity contribution in [2.75, 3.05) is 10.6 Å². The van der Waals surface area contributed by atoms with Gasteiger partial charge in [-0.15, -0.1) is 0 Å². The number of hydrogen-bond donors (Lipinski definition) is 2. The van der Waals surface area contributed by atoms with E-state index in [1.54, 1.807) is 6.07 Å². The molecule has 3 aromatic rings. The molecule has 7 nitrogen and oxygen atoms in total. The molecule has 1 aromatic heterocycles. The van der Waals surface area contributed by atoms with Crippen LogP contribution in [0.25, 0.3) is 11.3 Å². The average Bonchev–Trinajstić information content (AvgIpc) is 2.76. The fourth-order valence-corrected chi connectivity index (χ4v) is 3.64. The van der Waals surface area contributed by atoms with Crippen LogP contribution in [0.5, 0.6) is 0 Å². The second kappa shape index (κ2) is 8.86. The summed E-state index contributed by atoms with van der Waals surface area (Å²) in [6.45, 7) is 0. The van der Waals surface area contributed by atoms with Gasteiger partial charge in [0.25, 0.3) is 0 Å². The molecule has 0 amide bonds. The maximum Gasteiger partial charge on any atom is 0.306 e. The third kappa shape index (κ3) is 4.71. The first-order chi connectivity index (χ1) is 14.6. The number of benzene rings is 2. The largest absolute Gasteiger partial charge is 0.351 e. The molecule has 0 aliphatic heterocycles. The number of nitro groups is 1. The Morgan fingerprint density at radius 1 is 1.00 bits per heavy atom. The van der Waals surface area contributed by atoms with Crippen LogP contribution in [0.2, 0.25) is 0 Å². The van der Waals surface area contributed by atoms with Crippen molar-refractivity contribution in [3.63, 3.8) is 0 Å². The van der Waals surface area contributed by atoms with Crippen molar-refractivity contribution in [2.24, 2.45) is 0 Å². The number of aromatic nitrogens is 2. The number of halogens is 1. The quantitative estimate of drug-likeness (QED) is 0.403. The zero-order valence-electron chi connectivity index (χ0n) is 16.3. The molecule has 8 heteroatoms. The minimum absolute atomic E-state index is 0.324. The van der Waals surface area contributed by atoms with Gasteiger partial charge in [0.05, 0.1) is 10.6 Å². The van der Waals surface area contributed by atoms with Gasteiger partial charge in [-0.2, -0.15) is 9.37 Å². The molecule has 2 aromatic carbocycles. The predicted octanol–water partition coefficient (Wildman–Crippen LogP) is 5.68. The van der Waals surface area contributed by atoms with Crippen LogP contribution >= 0.6 is 0 Å². The second-order valence-electron chi connectivity index (χ2n) is 7.36. The highest BCUT2D eigenvalue weighted by molar-refractivity contribution is 5.68. The molecule has 1 saturated carbocycles. The average molecular weight is 407 g/mol. The number of nitro benzene ring substituents is 1. The van der Waals surface area contributed by atoms with Crippen molar-refractivity contribution in [1.82, 2.24) is 9.97 Å². The van der Waals surface area contributed by atoms with Gasteiger partial charge in [-0.1, -0.05) is 49.6 Å². The molecule has 4 rings (SSSR count). The maximum atomic E-state index is 13.7. The topological polar surface area (TPSA) is 93.0 Å². The first-order valence-electron chi connectivity index (χ1n) is 10.0. The molecule has 0 radical (unpaired) electrons. The molecule has 0 unspecified atom stereocenters. The van der Waals surface area contributed by atoms with Gasteiger partial charge in [0.2, 0.25) is 11.8 Å². The fourth-order valence-electron chi connectivity index (χ4n) is 3.64. The van der Waals surface area contributed by atoms with Gasteiger partial charge in [0.15, 0.2) is 0 Å². The molecule has 0 bridgehead atoms. The van der Waals surface area contributed by atoms with Crippen molar-refractivity contribution in [1.29, 1.82) is 0 Å². The molecule has 2 N–H and O–H groups in total. The van der Waals surface area contributed by atoms with Crippen LogP contribution in [-0.4, -0.2) is 20.9 Å². The van der Waals surface area contributed by atoms with Crippen LogP contribution in [0.4, 0.5) is 27.5 Å². The normalized spacial score (nSPS) is 14.3. The number of rotatable bonds is 6. The lowest BCUT2D eigenvalue weighted by molar-refractivity contribution is -0.387. The summed E-state index contributed by atoms with van der Waals surface area (Å²) in [6, 6.07) is 15.5. The number of nitrogens with zero attached hydrogens (tertiary/aromatic N) is 3. The van der Waals surface area contributed by atoms with Gasteiger partial charge in [0, 0.05) is 29.4 Å². The summed E-state index contributed by atoms with van der Waals surface area (Å²) in [5.74, 6) is 0.100. The molecule has 1 aliphatic rings. The SMILES string of the molecule is O=[N+]([O-])c1cc(Nc2cc(-c3ccccc3)nc(NC3CCCCC3)n2)ccc1F. The fraction of sp³-hybridized carbons (Fsp3) is 0.273. The highest BCUT2D eigenvalue weighted by atomic mass is 19.1. The van der Waals surface area contributed by atoms with E-state index in [9.17, 15) is 14.5 Å².